The van der Waals surface area contributed by atoms with Crippen molar-refractivity contribution in [2.45, 2.75) is 13.0 Å². The molecule has 1 rings (SSSR count). The summed E-state index contributed by atoms with van der Waals surface area (Å²) in [6, 6.07) is 0.983. The van der Waals surface area contributed by atoms with Gasteiger partial charge in [0.15, 0.2) is 0 Å². The van der Waals surface area contributed by atoms with E-state index in [0.29, 0.717) is 4.47 Å². The Hall–Kier alpha value is -1.15. The topological polar surface area (TPSA) is 96.4 Å². The van der Waals surface area contributed by atoms with E-state index in [0.717, 1.165) is 6.26 Å². The number of nitrogens with one attached hydrogen (secondary N) is 1. The number of halogens is 1. The zero-order chi connectivity index (χ0) is 13.9. The lowest BCUT2D eigenvalue weighted by Crippen LogP contribution is -2.26. The lowest BCUT2D eigenvalue weighted by Gasteiger charge is -2.15. The molecule has 6 nitrogen and oxygen atoms in total. The molecule has 1 unspecified atom stereocenters. The van der Waals surface area contributed by atoms with Gasteiger partial charge in [0.25, 0.3) is 0 Å². The highest BCUT2D eigenvalue weighted by Gasteiger charge is 2.16. The van der Waals surface area contributed by atoms with E-state index in [1.165, 1.54) is 12.3 Å². The number of carbonyl (C=O) groups is 1. The molecule has 0 bridgehead atoms. The van der Waals surface area contributed by atoms with Gasteiger partial charge in [-0.1, -0.05) is 0 Å². The van der Waals surface area contributed by atoms with E-state index in [1.807, 2.05) is 0 Å². The number of anilines is 1. The van der Waals surface area contributed by atoms with E-state index in [1.54, 1.807) is 6.92 Å². The van der Waals surface area contributed by atoms with Crippen LogP contribution in [0, 0.1) is 0 Å². The number of nitrogens with zero attached hydrogens (tertiary/aromatic N) is 1. The molecule has 1 heterocycles. The molecular formula is C10H13BrN2O4S. The third kappa shape index (κ3) is 4.61. The Morgan fingerprint density at radius 3 is 2.72 bits per heavy atom. The van der Waals surface area contributed by atoms with E-state index in [9.17, 15) is 13.2 Å². The molecule has 0 aromatic carbocycles. The van der Waals surface area contributed by atoms with Gasteiger partial charge in [-0.15, -0.1) is 0 Å². The predicted molar refractivity (Wildman–Crippen MR) is 71.7 cm³/mol. The van der Waals surface area contributed by atoms with E-state index in [-0.39, 0.29) is 17.1 Å². The molecule has 0 amide bonds. The fraction of sp³-hybridized carbons (Fsp3) is 0.400. The molecule has 0 aliphatic carbocycles. The number of hydrogen-bond donors (Lipinski definition) is 2. The van der Waals surface area contributed by atoms with Crippen LogP contribution in [0.2, 0.25) is 0 Å². The number of hydrogen-bond acceptors (Lipinski definition) is 5. The highest BCUT2D eigenvalue weighted by Crippen LogP contribution is 2.18. The summed E-state index contributed by atoms with van der Waals surface area (Å²) in [5, 5.41) is 11.8. The Balaban J connectivity index is 2.94. The zero-order valence-electron chi connectivity index (χ0n) is 9.84. The van der Waals surface area contributed by atoms with Gasteiger partial charge in [0, 0.05) is 23.0 Å². The van der Waals surface area contributed by atoms with Crippen molar-refractivity contribution in [3.05, 3.63) is 22.3 Å². The van der Waals surface area contributed by atoms with Gasteiger partial charge in [-0.3, -0.25) is 0 Å². The molecule has 0 saturated carbocycles. The molecule has 0 spiro atoms. The third-order valence-electron chi connectivity index (χ3n) is 2.02. The molecular weight excluding hydrogens is 324 g/mol. The Bertz CT molecular complexity index is 559. The molecule has 100 valence electrons. The molecule has 0 aliphatic heterocycles. The lowest BCUT2D eigenvalue weighted by molar-refractivity contribution is 0.0697. The summed E-state index contributed by atoms with van der Waals surface area (Å²) in [4.78, 5) is 15.0. The second-order valence-corrected chi connectivity index (χ2v) is 7.09. The molecule has 0 saturated heterocycles. The third-order valence-corrected chi connectivity index (χ3v) is 3.56. The first kappa shape index (κ1) is 14.9. The quantitative estimate of drug-likeness (QED) is 0.843. The van der Waals surface area contributed by atoms with Gasteiger partial charge in [-0.25, -0.2) is 18.2 Å². The first-order chi connectivity index (χ1) is 8.19. The second-order valence-electron chi connectivity index (χ2n) is 3.99. The fourth-order valence-electron chi connectivity index (χ4n) is 1.45. The minimum absolute atomic E-state index is 0.00951. The first-order valence-corrected chi connectivity index (χ1v) is 7.87. The SMILES string of the molecule is CC(CS(C)(=O)=O)Nc1ncc(Br)cc1C(=O)O. The highest BCUT2D eigenvalue weighted by molar-refractivity contribution is 9.10. The number of carboxylic acids is 1. The zero-order valence-corrected chi connectivity index (χ0v) is 12.2. The summed E-state index contributed by atoms with van der Waals surface area (Å²) in [6.45, 7) is 1.65. The van der Waals surface area contributed by atoms with Crippen LogP contribution in [0.3, 0.4) is 0 Å². The van der Waals surface area contributed by atoms with Crippen LogP contribution in [-0.4, -0.2) is 42.5 Å². The number of aromatic carboxylic acids is 1. The number of carboxylic acid groups (broad SMARTS) is 1. The Labute approximate surface area is 113 Å². The van der Waals surface area contributed by atoms with Crippen molar-refractivity contribution >= 4 is 37.6 Å². The van der Waals surface area contributed by atoms with Crippen molar-refractivity contribution in [2.24, 2.45) is 0 Å². The summed E-state index contributed by atoms with van der Waals surface area (Å²) in [7, 11) is -3.13. The second kappa shape index (κ2) is 5.66. The maximum Gasteiger partial charge on any atom is 0.339 e. The summed E-state index contributed by atoms with van der Waals surface area (Å²) in [6.07, 6.45) is 2.57. The van der Waals surface area contributed by atoms with Crippen LogP contribution < -0.4 is 5.32 Å². The molecule has 18 heavy (non-hydrogen) atoms. The maximum atomic E-state index is 11.1. The number of rotatable bonds is 5. The molecule has 0 radical (unpaired) electrons. The van der Waals surface area contributed by atoms with Crippen LogP contribution in [0.1, 0.15) is 17.3 Å². The van der Waals surface area contributed by atoms with Gasteiger partial charge < -0.3 is 10.4 Å². The van der Waals surface area contributed by atoms with E-state index in [2.05, 4.69) is 26.2 Å². The normalized spacial score (nSPS) is 13.1. The molecule has 1 atom stereocenters. The van der Waals surface area contributed by atoms with Crippen molar-refractivity contribution in [2.75, 3.05) is 17.3 Å². The predicted octanol–water partition coefficient (Wildman–Crippen LogP) is 1.39. The molecule has 1 aromatic rings. The van der Waals surface area contributed by atoms with Crippen LogP contribution in [-0.2, 0) is 9.84 Å². The molecule has 0 aliphatic rings. The van der Waals surface area contributed by atoms with Gasteiger partial charge in [-0.2, -0.15) is 0 Å². The van der Waals surface area contributed by atoms with Crippen molar-refractivity contribution in [1.29, 1.82) is 0 Å². The first-order valence-electron chi connectivity index (χ1n) is 5.02. The van der Waals surface area contributed by atoms with Crippen LogP contribution in [0.25, 0.3) is 0 Å². The molecule has 8 heteroatoms. The average Bonchev–Trinajstić information content (AvgIpc) is 2.17. The maximum absolute atomic E-state index is 11.1. The van der Waals surface area contributed by atoms with Crippen molar-refractivity contribution < 1.29 is 18.3 Å². The van der Waals surface area contributed by atoms with E-state index in [4.69, 9.17) is 5.11 Å². The number of pyridine rings is 1. The Morgan fingerprint density at radius 1 is 1.61 bits per heavy atom. The molecule has 2 N–H and O–H groups in total. The fourth-order valence-corrected chi connectivity index (χ4v) is 2.77. The van der Waals surface area contributed by atoms with Gasteiger partial charge >= 0.3 is 5.97 Å². The van der Waals surface area contributed by atoms with Crippen LogP contribution in [0.4, 0.5) is 5.82 Å². The van der Waals surface area contributed by atoms with Crippen molar-refractivity contribution in [1.82, 2.24) is 4.98 Å². The Morgan fingerprint density at radius 2 is 2.22 bits per heavy atom. The average molecular weight is 337 g/mol. The summed E-state index contributed by atoms with van der Waals surface area (Å²) >= 11 is 3.13. The minimum Gasteiger partial charge on any atom is -0.478 e. The summed E-state index contributed by atoms with van der Waals surface area (Å²) in [5.74, 6) is -1.07. The van der Waals surface area contributed by atoms with E-state index >= 15 is 0 Å². The van der Waals surface area contributed by atoms with Crippen molar-refractivity contribution in [3.8, 4) is 0 Å². The largest absolute Gasteiger partial charge is 0.478 e. The number of sulfone groups is 1. The summed E-state index contributed by atoms with van der Waals surface area (Å²) in [5.41, 5.74) is -0.00951. The Kier molecular flexibility index (Phi) is 4.69. The van der Waals surface area contributed by atoms with Gasteiger partial charge in [-0.05, 0) is 28.9 Å². The monoisotopic (exact) mass is 336 g/mol. The van der Waals surface area contributed by atoms with Crippen molar-refractivity contribution in [3.63, 3.8) is 0 Å². The molecule has 0 fully saturated rings. The lowest BCUT2D eigenvalue weighted by atomic mass is 10.2. The smallest absolute Gasteiger partial charge is 0.339 e. The van der Waals surface area contributed by atoms with E-state index < -0.39 is 21.8 Å². The van der Waals surface area contributed by atoms with Crippen LogP contribution >= 0.6 is 15.9 Å². The van der Waals surface area contributed by atoms with Crippen LogP contribution in [0.15, 0.2) is 16.7 Å². The standard InChI is InChI=1S/C10H13BrN2O4S/c1-6(5-18(2,16)17)13-9-8(10(14)15)3-7(11)4-12-9/h3-4,6H,5H2,1-2H3,(H,12,13)(H,14,15). The van der Waals surface area contributed by atoms with Gasteiger partial charge in [0.2, 0.25) is 0 Å². The summed E-state index contributed by atoms with van der Waals surface area (Å²) < 4.78 is 22.8. The van der Waals surface area contributed by atoms with Gasteiger partial charge in [0.05, 0.1) is 5.75 Å². The molecule has 1 aromatic heterocycles. The van der Waals surface area contributed by atoms with Gasteiger partial charge in [0.1, 0.15) is 21.2 Å². The highest BCUT2D eigenvalue weighted by atomic mass is 79.9. The minimum atomic E-state index is -3.13. The van der Waals surface area contributed by atoms with Crippen LogP contribution in [0.5, 0.6) is 0 Å². The number of aromatic nitrogens is 1.